The van der Waals surface area contributed by atoms with E-state index in [2.05, 4.69) is 10.3 Å². The molecule has 2 rings (SSSR count). The van der Waals surface area contributed by atoms with E-state index in [1.165, 1.54) is 18.2 Å². The maximum atomic E-state index is 12.0. The fraction of sp³-hybridized carbons (Fsp3) is 0.286. The van der Waals surface area contributed by atoms with Crippen LogP contribution in [0.5, 0.6) is 0 Å². The van der Waals surface area contributed by atoms with Gasteiger partial charge in [-0.1, -0.05) is 11.6 Å². The number of non-ortho nitro benzene ring substituents is 1. The lowest BCUT2D eigenvalue weighted by Crippen LogP contribution is -2.30. The Morgan fingerprint density at radius 2 is 2.26 bits per heavy atom. The molecule has 1 heterocycles. The minimum atomic E-state index is -0.541. The molecule has 9 heteroatoms. The lowest BCUT2D eigenvalue weighted by Gasteiger charge is -2.15. The molecule has 0 aliphatic carbocycles. The van der Waals surface area contributed by atoms with Gasteiger partial charge in [0.2, 0.25) is 5.91 Å². The Morgan fingerprint density at radius 3 is 2.83 bits per heavy atom. The Bertz CT molecular complexity index is 735. The van der Waals surface area contributed by atoms with Crippen LogP contribution in [0.1, 0.15) is 10.7 Å². The first-order chi connectivity index (χ1) is 10.8. The van der Waals surface area contributed by atoms with Crippen LogP contribution in [0.3, 0.4) is 0 Å². The molecule has 0 saturated heterocycles. The van der Waals surface area contributed by atoms with Crippen LogP contribution < -0.4 is 5.32 Å². The average molecular weight is 355 g/mol. The molecular formula is C14H15ClN4O3S. The van der Waals surface area contributed by atoms with Gasteiger partial charge in [0.05, 0.1) is 32.9 Å². The molecular weight excluding hydrogens is 340 g/mol. The van der Waals surface area contributed by atoms with Gasteiger partial charge in [0, 0.05) is 24.1 Å². The zero-order valence-electron chi connectivity index (χ0n) is 12.6. The number of anilines is 1. The highest BCUT2D eigenvalue weighted by Gasteiger charge is 2.13. The summed E-state index contributed by atoms with van der Waals surface area (Å²) >= 11 is 7.51. The van der Waals surface area contributed by atoms with Gasteiger partial charge < -0.3 is 5.32 Å². The first kappa shape index (κ1) is 17.3. The van der Waals surface area contributed by atoms with Crippen molar-refractivity contribution in [2.24, 2.45) is 0 Å². The van der Waals surface area contributed by atoms with E-state index >= 15 is 0 Å². The van der Waals surface area contributed by atoms with Gasteiger partial charge in [-0.05, 0) is 20.0 Å². The summed E-state index contributed by atoms with van der Waals surface area (Å²) in [6.07, 6.45) is 0. The number of nitrogens with zero attached hydrogens (tertiary/aromatic N) is 3. The summed E-state index contributed by atoms with van der Waals surface area (Å²) in [7, 11) is 1.81. The van der Waals surface area contributed by atoms with Crippen LogP contribution in [-0.4, -0.2) is 34.3 Å². The molecule has 0 unspecified atom stereocenters. The van der Waals surface area contributed by atoms with E-state index in [9.17, 15) is 14.9 Å². The highest BCUT2D eigenvalue weighted by Crippen LogP contribution is 2.26. The number of aryl methyl sites for hydroxylation is 1. The molecule has 0 radical (unpaired) electrons. The second-order valence-electron chi connectivity index (χ2n) is 5.00. The number of rotatable bonds is 6. The summed E-state index contributed by atoms with van der Waals surface area (Å²) in [5, 5.41) is 16.4. The molecule has 0 spiro atoms. The Kier molecular flexibility index (Phi) is 5.64. The molecule has 0 atom stereocenters. The minimum absolute atomic E-state index is 0.121. The first-order valence-corrected chi connectivity index (χ1v) is 7.94. The number of amides is 1. The van der Waals surface area contributed by atoms with Crippen LogP contribution in [0, 0.1) is 17.0 Å². The van der Waals surface area contributed by atoms with Gasteiger partial charge in [0.25, 0.3) is 5.69 Å². The van der Waals surface area contributed by atoms with Crippen molar-refractivity contribution in [2.75, 3.05) is 18.9 Å². The van der Waals surface area contributed by atoms with Crippen molar-refractivity contribution >= 4 is 40.2 Å². The molecule has 23 heavy (non-hydrogen) atoms. The maximum Gasteiger partial charge on any atom is 0.271 e. The Balaban J connectivity index is 1.92. The van der Waals surface area contributed by atoms with E-state index in [1.807, 2.05) is 24.3 Å². The number of aromatic nitrogens is 1. The topological polar surface area (TPSA) is 88.4 Å². The predicted octanol–water partition coefficient (Wildman–Crippen LogP) is 3.08. The van der Waals surface area contributed by atoms with Crippen LogP contribution in [-0.2, 0) is 11.3 Å². The summed E-state index contributed by atoms with van der Waals surface area (Å²) in [6, 6.07) is 3.92. The third-order valence-corrected chi connectivity index (χ3v) is 4.08. The molecule has 0 saturated carbocycles. The molecule has 7 nitrogen and oxygen atoms in total. The van der Waals surface area contributed by atoms with Crippen LogP contribution in [0.15, 0.2) is 23.6 Å². The predicted molar refractivity (Wildman–Crippen MR) is 89.9 cm³/mol. The standard InChI is InChI=1S/C14H15ClN4O3S/c1-9-16-10(8-23-9)6-18(2)7-14(20)17-13-4-3-11(19(21)22)5-12(13)15/h3-5,8H,6-7H2,1-2H3,(H,17,20). The summed E-state index contributed by atoms with van der Waals surface area (Å²) in [4.78, 5) is 28.3. The largest absolute Gasteiger partial charge is 0.324 e. The molecule has 122 valence electrons. The number of halogens is 1. The number of thiazole rings is 1. The van der Waals surface area contributed by atoms with Crippen molar-refractivity contribution in [1.82, 2.24) is 9.88 Å². The number of nitrogens with one attached hydrogen (secondary N) is 1. The lowest BCUT2D eigenvalue weighted by atomic mass is 10.3. The minimum Gasteiger partial charge on any atom is -0.324 e. The van der Waals surface area contributed by atoms with E-state index in [4.69, 9.17) is 11.6 Å². The Hall–Kier alpha value is -2.03. The number of carbonyl (C=O) groups is 1. The summed E-state index contributed by atoms with van der Waals surface area (Å²) in [5.74, 6) is -0.254. The summed E-state index contributed by atoms with van der Waals surface area (Å²) < 4.78 is 0. The zero-order valence-corrected chi connectivity index (χ0v) is 14.1. The number of carbonyl (C=O) groups excluding carboxylic acids is 1. The number of benzene rings is 1. The molecule has 0 bridgehead atoms. The van der Waals surface area contributed by atoms with E-state index in [0.717, 1.165) is 10.7 Å². The molecule has 2 aromatic rings. The highest BCUT2D eigenvalue weighted by atomic mass is 35.5. The van der Waals surface area contributed by atoms with Gasteiger partial charge in [0.1, 0.15) is 0 Å². The van der Waals surface area contributed by atoms with E-state index in [0.29, 0.717) is 12.2 Å². The third kappa shape index (κ3) is 4.98. The van der Waals surface area contributed by atoms with Crippen molar-refractivity contribution in [3.63, 3.8) is 0 Å². The fourth-order valence-electron chi connectivity index (χ4n) is 1.97. The van der Waals surface area contributed by atoms with Crippen molar-refractivity contribution in [2.45, 2.75) is 13.5 Å². The Morgan fingerprint density at radius 1 is 1.52 bits per heavy atom. The number of nitro benzene ring substituents is 1. The molecule has 1 amide bonds. The molecule has 1 N–H and O–H groups in total. The zero-order chi connectivity index (χ0) is 17.0. The fourth-order valence-corrected chi connectivity index (χ4v) is 2.79. The number of hydrogen-bond acceptors (Lipinski definition) is 6. The summed E-state index contributed by atoms with van der Waals surface area (Å²) in [6.45, 7) is 2.65. The second-order valence-corrected chi connectivity index (χ2v) is 6.47. The SMILES string of the molecule is Cc1nc(CN(C)CC(=O)Nc2ccc([N+](=O)[O-])cc2Cl)cs1. The highest BCUT2D eigenvalue weighted by molar-refractivity contribution is 7.09. The normalized spacial score (nSPS) is 10.8. The maximum absolute atomic E-state index is 12.0. The molecule has 1 aromatic heterocycles. The van der Waals surface area contributed by atoms with Crippen molar-refractivity contribution < 1.29 is 9.72 Å². The van der Waals surface area contributed by atoms with Crippen molar-refractivity contribution in [1.29, 1.82) is 0 Å². The number of likely N-dealkylation sites (N-methyl/N-ethyl adjacent to an activating group) is 1. The van der Waals surface area contributed by atoms with Crippen molar-refractivity contribution in [3.05, 3.63) is 49.4 Å². The van der Waals surface area contributed by atoms with Gasteiger partial charge in [-0.2, -0.15) is 0 Å². The van der Waals surface area contributed by atoms with E-state index < -0.39 is 4.92 Å². The molecule has 1 aromatic carbocycles. The molecule has 0 aliphatic rings. The van der Waals surface area contributed by atoms with E-state index in [1.54, 1.807) is 11.3 Å². The second kappa shape index (κ2) is 7.49. The Labute approximate surface area is 142 Å². The number of hydrogen-bond donors (Lipinski definition) is 1. The van der Waals surface area contributed by atoms with Gasteiger partial charge in [-0.25, -0.2) is 4.98 Å². The van der Waals surface area contributed by atoms with Gasteiger partial charge in [0.15, 0.2) is 0 Å². The summed E-state index contributed by atoms with van der Waals surface area (Å²) in [5.41, 5.74) is 1.14. The third-order valence-electron chi connectivity index (χ3n) is 2.95. The smallest absolute Gasteiger partial charge is 0.271 e. The van der Waals surface area contributed by atoms with Crippen LogP contribution >= 0.6 is 22.9 Å². The van der Waals surface area contributed by atoms with E-state index in [-0.39, 0.29) is 23.2 Å². The van der Waals surface area contributed by atoms with Crippen molar-refractivity contribution in [3.8, 4) is 0 Å². The van der Waals surface area contributed by atoms with Crippen LogP contribution in [0.2, 0.25) is 5.02 Å². The van der Waals surface area contributed by atoms with Gasteiger partial charge >= 0.3 is 0 Å². The first-order valence-electron chi connectivity index (χ1n) is 6.68. The number of nitro groups is 1. The van der Waals surface area contributed by atoms with Crippen LogP contribution in [0.4, 0.5) is 11.4 Å². The molecule has 0 aliphatic heterocycles. The van der Waals surface area contributed by atoms with Gasteiger partial charge in [-0.15, -0.1) is 11.3 Å². The van der Waals surface area contributed by atoms with Crippen LogP contribution in [0.25, 0.3) is 0 Å². The quantitative estimate of drug-likeness (QED) is 0.636. The van der Waals surface area contributed by atoms with Gasteiger partial charge in [-0.3, -0.25) is 19.8 Å². The average Bonchev–Trinajstić information content (AvgIpc) is 2.85. The molecule has 0 fully saturated rings. The lowest BCUT2D eigenvalue weighted by molar-refractivity contribution is -0.384. The monoisotopic (exact) mass is 354 g/mol.